The van der Waals surface area contributed by atoms with E-state index in [0.29, 0.717) is 18.2 Å². The van der Waals surface area contributed by atoms with Gasteiger partial charge in [-0.25, -0.2) is 14.6 Å². The first-order chi connectivity index (χ1) is 12.5. The van der Waals surface area contributed by atoms with E-state index in [9.17, 15) is 14.9 Å². The molecule has 0 aromatic carbocycles. The van der Waals surface area contributed by atoms with Gasteiger partial charge in [-0.1, -0.05) is 0 Å². The minimum absolute atomic E-state index is 0.116. The highest BCUT2D eigenvalue weighted by Crippen LogP contribution is 2.15. The number of carbonyl (C=O) groups is 1. The molecule has 3 aromatic rings. The molecule has 0 aliphatic rings. The van der Waals surface area contributed by atoms with Crippen molar-refractivity contribution in [3.05, 3.63) is 58.4 Å². The highest BCUT2D eigenvalue weighted by Gasteiger charge is 2.16. The molecule has 0 aliphatic carbocycles. The standard InChI is InChI=1S/C15H15N7O4/c1-10-4-7-21(20-10)13-8-12(18-9-19-13)16-5-6-17-15(23)11-2-3-14(26-11)22(24)25/h2-4,7-9H,5-6H2,1H3,(H,17,23)(H,16,18,19). The number of rotatable bonds is 7. The third-order valence-electron chi connectivity index (χ3n) is 3.32. The Labute approximate surface area is 147 Å². The van der Waals surface area contributed by atoms with Crippen molar-refractivity contribution in [2.24, 2.45) is 0 Å². The number of nitrogens with zero attached hydrogens (tertiary/aromatic N) is 5. The van der Waals surface area contributed by atoms with Gasteiger partial charge in [0.05, 0.1) is 11.8 Å². The van der Waals surface area contributed by atoms with E-state index in [1.54, 1.807) is 16.9 Å². The van der Waals surface area contributed by atoms with E-state index in [0.717, 1.165) is 11.8 Å². The molecule has 0 unspecified atom stereocenters. The largest absolute Gasteiger partial charge is 0.433 e. The summed E-state index contributed by atoms with van der Waals surface area (Å²) in [5.41, 5.74) is 0.874. The van der Waals surface area contributed by atoms with Crippen molar-refractivity contribution in [2.45, 2.75) is 6.92 Å². The van der Waals surface area contributed by atoms with Gasteiger partial charge >= 0.3 is 5.88 Å². The van der Waals surface area contributed by atoms with Crippen LogP contribution in [0.15, 0.2) is 41.2 Å². The minimum atomic E-state index is -0.702. The molecule has 3 rings (SSSR count). The Morgan fingerprint density at radius 3 is 2.85 bits per heavy atom. The van der Waals surface area contributed by atoms with E-state index in [2.05, 4.69) is 25.7 Å². The fourth-order valence-corrected chi connectivity index (χ4v) is 2.11. The van der Waals surface area contributed by atoms with Gasteiger partial charge in [-0.05, 0) is 19.1 Å². The SMILES string of the molecule is Cc1ccn(-c2cc(NCCNC(=O)c3ccc([N+](=O)[O-])o3)ncn2)n1. The molecule has 134 valence electrons. The molecular formula is C15H15N7O4. The van der Waals surface area contributed by atoms with Gasteiger partial charge in [0.15, 0.2) is 11.6 Å². The summed E-state index contributed by atoms with van der Waals surface area (Å²) in [6.45, 7) is 2.55. The second kappa shape index (κ2) is 7.42. The zero-order valence-corrected chi connectivity index (χ0v) is 13.7. The number of hydrogen-bond donors (Lipinski definition) is 2. The summed E-state index contributed by atoms with van der Waals surface area (Å²) >= 11 is 0. The Kier molecular flexibility index (Phi) is 4.87. The lowest BCUT2D eigenvalue weighted by Gasteiger charge is -2.07. The van der Waals surface area contributed by atoms with Gasteiger partial charge < -0.3 is 15.1 Å². The average molecular weight is 357 g/mol. The van der Waals surface area contributed by atoms with Crippen LogP contribution in [0.1, 0.15) is 16.2 Å². The fraction of sp³-hybridized carbons (Fsp3) is 0.200. The maximum Gasteiger partial charge on any atom is 0.433 e. The molecule has 0 radical (unpaired) electrons. The van der Waals surface area contributed by atoms with Gasteiger partial charge in [-0.2, -0.15) is 5.10 Å². The molecule has 11 nitrogen and oxygen atoms in total. The highest BCUT2D eigenvalue weighted by atomic mass is 16.6. The van der Waals surface area contributed by atoms with Crippen molar-refractivity contribution in [2.75, 3.05) is 18.4 Å². The summed E-state index contributed by atoms with van der Waals surface area (Å²) in [6, 6.07) is 5.98. The van der Waals surface area contributed by atoms with E-state index in [1.165, 1.54) is 12.4 Å². The third kappa shape index (κ3) is 4.01. The molecule has 2 N–H and O–H groups in total. The summed E-state index contributed by atoms with van der Waals surface area (Å²) in [7, 11) is 0. The van der Waals surface area contributed by atoms with Crippen molar-refractivity contribution >= 4 is 17.6 Å². The van der Waals surface area contributed by atoms with Gasteiger partial charge in [-0.15, -0.1) is 0 Å². The number of aryl methyl sites for hydroxylation is 1. The van der Waals surface area contributed by atoms with Crippen molar-refractivity contribution < 1.29 is 14.1 Å². The van der Waals surface area contributed by atoms with Crippen LogP contribution in [0.3, 0.4) is 0 Å². The smallest absolute Gasteiger partial charge is 0.395 e. The topological polar surface area (TPSA) is 141 Å². The number of nitrogens with one attached hydrogen (secondary N) is 2. The predicted octanol–water partition coefficient (Wildman–Crippen LogP) is 1.31. The van der Waals surface area contributed by atoms with Gasteiger partial charge in [0.1, 0.15) is 17.1 Å². The first kappa shape index (κ1) is 17.1. The maximum atomic E-state index is 11.8. The summed E-state index contributed by atoms with van der Waals surface area (Å²) in [5, 5.41) is 20.4. The van der Waals surface area contributed by atoms with Gasteiger partial charge in [-0.3, -0.25) is 14.9 Å². The van der Waals surface area contributed by atoms with Crippen LogP contribution in [-0.2, 0) is 0 Å². The zero-order valence-electron chi connectivity index (χ0n) is 13.7. The summed E-state index contributed by atoms with van der Waals surface area (Å²) in [5.74, 6) is 0.0644. The summed E-state index contributed by atoms with van der Waals surface area (Å²) < 4.78 is 6.46. The zero-order chi connectivity index (χ0) is 18.5. The molecular weight excluding hydrogens is 342 g/mol. The van der Waals surface area contributed by atoms with Gasteiger partial charge in [0, 0.05) is 25.4 Å². The van der Waals surface area contributed by atoms with Crippen molar-refractivity contribution in [3.8, 4) is 5.82 Å². The van der Waals surface area contributed by atoms with E-state index in [1.807, 2.05) is 13.0 Å². The van der Waals surface area contributed by atoms with Crippen LogP contribution in [0.5, 0.6) is 0 Å². The first-order valence-corrected chi connectivity index (χ1v) is 7.64. The van der Waals surface area contributed by atoms with Crippen LogP contribution in [-0.4, -0.2) is 43.7 Å². The molecule has 3 heterocycles. The molecule has 0 spiro atoms. The maximum absolute atomic E-state index is 11.8. The molecule has 0 atom stereocenters. The number of furan rings is 1. The third-order valence-corrected chi connectivity index (χ3v) is 3.32. The summed E-state index contributed by atoms with van der Waals surface area (Å²) in [6.07, 6.45) is 3.21. The fourth-order valence-electron chi connectivity index (χ4n) is 2.11. The Hall–Kier alpha value is -3.76. The van der Waals surface area contributed by atoms with E-state index < -0.39 is 16.7 Å². The molecule has 3 aromatic heterocycles. The normalized spacial score (nSPS) is 10.5. The number of amides is 1. The molecule has 0 fully saturated rings. The Bertz CT molecular complexity index is 933. The molecule has 0 bridgehead atoms. The van der Waals surface area contributed by atoms with E-state index in [4.69, 9.17) is 4.42 Å². The van der Waals surface area contributed by atoms with E-state index in [-0.39, 0.29) is 12.3 Å². The summed E-state index contributed by atoms with van der Waals surface area (Å²) in [4.78, 5) is 29.9. The molecule has 0 aliphatic heterocycles. The monoisotopic (exact) mass is 357 g/mol. The molecule has 1 amide bonds. The lowest BCUT2D eigenvalue weighted by molar-refractivity contribution is -0.402. The number of hydrogen-bond acceptors (Lipinski definition) is 8. The van der Waals surface area contributed by atoms with Crippen molar-refractivity contribution in [1.82, 2.24) is 25.1 Å². The Balaban J connectivity index is 1.50. The second-order valence-electron chi connectivity index (χ2n) is 5.24. The lowest BCUT2D eigenvalue weighted by Crippen LogP contribution is -2.28. The molecule has 11 heteroatoms. The predicted molar refractivity (Wildman–Crippen MR) is 90.1 cm³/mol. The van der Waals surface area contributed by atoms with Gasteiger partial charge in [0.25, 0.3) is 5.91 Å². The number of nitro groups is 1. The molecule has 0 saturated carbocycles. The quantitative estimate of drug-likeness (QED) is 0.366. The van der Waals surface area contributed by atoms with Crippen LogP contribution in [0.4, 0.5) is 11.7 Å². The van der Waals surface area contributed by atoms with E-state index >= 15 is 0 Å². The number of carbonyl (C=O) groups excluding carboxylic acids is 1. The van der Waals surface area contributed by atoms with Crippen LogP contribution >= 0.6 is 0 Å². The van der Waals surface area contributed by atoms with Crippen molar-refractivity contribution in [3.63, 3.8) is 0 Å². The Morgan fingerprint density at radius 1 is 1.31 bits per heavy atom. The average Bonchev–Trinajstić information content (AvgIpc) is 3.28. The van der Waals surface area contributed by atoms with Crippen LogP contribution < -0.4 is 10.6 Å². The Morgan fingerprint density at radius 2 is 2.15 bits per heavy atom. The van der Waals surface area contributed by atoms with Crippen LogP contribution in [0, 0.1) is 17.0 Å². The number of anilines is 1. The molecule has 0 saturated heterocycles. The van der Waals surface area contributed by atoms with Crippen molar-refractivity contribution in [1.29, 1.82) is 0 Å². The first-order valence-electron chi connectivity index (χ1n) is 7.64. The number of aromatic nitrogens is 4. The highest BCUT2D eigenvalue weighted by molar-refractivity contribution is 5.91. The van der Waals surface area contributed by atoms with Crippen LogP contribution in [0.2, 0.25) is 0 Å². The molecule has 26 heavy (non-hydrogen) atoms. The second-order valence-corrected chi connectivity index (χ2v) is 5.24. The van der Waals surface area contributed by atoms with Crippen LogP contribution in [0.25, 0.3) is 5.82 Å². The van der Waals surface area contributed by atoms with Gasteiger partial charge in [0.2, 0.25) is 0 Å². The lowest BCUT2D eigenvalue weighted by atomic mass is 10.4. The minimum Gasteiger partial charge on any atom is -0.395 e.